The summed E-state index contributed by atoms with van der Waals surface area (Å²) in [5, 5.41) is 64.3. The van der Waals surface area contributed by atoms with Crippen molar-refractivity contribution in [1.82, 2.24) is 10.6 Å². The van der Waals surface area contributed by atoms with Gasteiger partial charge in [0, 0.05) is 61.0 Å². The van der Waals surface area contributed by atoms with E-state index in [0.29, 0.717) is 50.8 Å². The van der Waals surface area contributed by atoms with Gasteiger partial charge in [0.15, 0.2) is 0 Å². The van der Waals surface area contributed by atoms with Crippen LogP contribution in [0.1, 0.15) is 76.8 Å². The van der Waals surface area contributed by atoms with Gasteiger partial charge in [-0.25, -0.2) is 0 Å². The smallest absolute Gasteiger partial charge is 0.145 e. The van der Waals surface area contributed by atoms with Crippen molar-refractivity contribution < 1.29 is 39.8 Å². The van der Waals surface area contributed by atoms with Crippen LogP contribution in [0.4, 0.5) is 0 Å². The van der Waals surface area contributed by atoms with Crippen LogP contribution in [0.3, 0.4) is 0 Å². The van der Waals surface area contributed by atoms with Crippen molar-refractivity contribution in [3.05, 3.63) is 118 Å². The molecule has 1 aromatic rings. The second kappa shape index (κ2) is 20.3. The minimum Gasteiger partial charge on any atom is -0.396 e. The first-order valence-corrected chi connectivity index (χ1v) is 22.8. The molecule has 0 unspecified atom stereocenters. The molecule has 2 fully saturated rings. The molecule has 0 radical (unpaired) electrons. The molecule has 5 aliphatic rings. The number of benzene rings is 1. The second-order valence-electron chi connectivity index (χ2n) is 19.4. The molecule has 4 bridgehead atoms. The van der Waals surface area contributed by atoms with Crippen molar-refractivity contribution in [3.63, 3.8) is 0 Å². The number of carbonyl (C=O) groups excluding carboxylic acids is 1. The predicted molar refractivity (Wildman–Crippen MR) is 245 cm³/mol. The molecular formula is C52H74N2O8. The number of methoxy groups -OCH3 is 1. The summed E-state index contributed by atoms with van der Waals surface area (Å²) in [4.78, 5) is 12.6. The molecule has 1 aliphatic heterocycles. The van der Waals surface area contributed by atoms with E-state index >= 15 is 0 Å². The fourth-order valence-corrected chi connectivity index (χ4v) is 12.1. The van der Waals surface area contributed by atoms with Gasteiger partial charge in [-0.1, -0.05) is 96.2 Å². The predicted octanol–water partition coefficient (Wildman–Crippen LogP) is 5.66. The van der Waals surface area contributed by atoms with Crippen molar-refractivity contribution in [3.8, 4) is 0 Å². The molecule has 0 amide bonds. The number of aliphatic hydroxyl groups is 5. The fraction of sp³-hybridized carbons (Fsp3) is 0.596. The lowest BCUT2D eigenvalue weighted by atomic mass is 9.37. The Morgan fingerprint density at radius 1 is 1.13 bits per heavy atom. The lowest BCUT2D eigenvalue weighted by Crippen LogP contribution is -2.72. The molecule has 4 aliphatic carbocycles. The maximum Gasteiger partial charge on any atom is 0.145 e. The number of carbonyl (C=O) groups is 1. The Hall–Kier alpha value is -3.29. The van der Waals surface area contributed by atoms with E-state index in [0.717, 1.165) is 55.2 Å². The topological polar surface area (TPSA) is 161 Å². The molecular weight excluding hydrogens is 781 g/mol. The van der Waals surface area contributed by atoms with Crippen LogP contribution in [0.15, 0.2) is 107 Å². The monoisotopic (exact) mass is 855 g/mol. The molecule has 7 N–H and O–H groups in total. The number of nitrogens with one attached hydrogen (secondary N) is 2. The van der Waals surface area contributed by atoms with Crippen molar-refractivity contribution in [2.75, 3.05) is 60.3 Å². The molecule has 62 heavy (non-hydrogen) atoms. The Morgan fingerprint density at radius 3 is 2.65 bits per heavy atom. The maximum absolute atomic E-state index is 13.6. The number of hydrogen-bond donors (Lipinski definition) is 7. The molecule has 6 rings (SSSR count). The van der Waals surface area contributed by atoms with Crippen molar-refractivity contribution in [2.24, 2.45) is 34.5 Å². The van der Waals surface area contributed by atoms with Crippen molar-refractivity contribution in [2.45, 2.75) is 101 Å². The number of hydrogen-bond acceptors (Lipinski definition) is 10. The highest BCUT2D eigenvalue weighted by Crippen LogP contribution is 2.75. The third-order valence-corrected chi connectivity index (χ3v) is 15.3. The summed E-state index contributed by atoms with van der Waals surface area (Å²) in [6, 6.07) is 8.86. The first-order valence-electron chi connectivity index (χ1n) is 22.8. The van der Waals surface area contributed by atoms with Gasteiger partial charge in [0.1, 0.15) is 12.4 Å². The van der Waals surface area contributed by atoms with Gasteiger partial charge in [-0.2, -0.15) is 0 Å². The Balaban J connectivity index is 1.38. The summed E-state index contributed by atoms with van der Waals surface area (Å²) in [5.41, 5.74) is 2.34. The highest BCUT2D eigenvalue weighted by atomic mass is 16.5. The Kier molecular flexibility index (Phi) is 15.7. The minimum atomic E-state index is -1.56. The average molecular weight is 855 g/mol. The van der Waals surface area contributed by atoms with E-state index < -0.39 is 46.6 Å². The first kappa shape index (κ1) is 48.2. The van der Waals surface area contributed by atoms with E-state index in [9.17, 15) is 30.3 Å². The van der Waals surface area contributed by atoms with E-state index in [1.807, 2.05) is 38.3 Å². The van der Waals surface area contributed by atoms with Gasteiger partial charge in [0.2, 0.25) is 0 Å². The van der Waals surface area contributed by atoms with E-state index in [1.54, 1.807) is 7.11 Å². The van der Waals surface area contributed by atoms with Crippen LogP contribution in [-0.2, 0) is 27.1 Å². The minimum absolute atomic E-state index is 0.0825. The fourth-order valence-electron chi connectivity index (χ4n) is 12.1. The number of ether oxygens (including phenoxy) is 2. The van der Waals surface area contributed by atoms with Crippen LogP contribution >= 0.6 is 0 Å². The van der Waals surface area contributed by atoms with E-state index in [1.165, 1.54) is 16.7 Å². The highest BCUT2D eigenvalue weighted by molar-refractivity contribution is 5.75. The average Bonchev–Trinajstić information content (AvgIpc) is 3.58. The van der Waals surface area contributed by atoms with Gasteiger partial charge in [-0.15, -0.1) is 0 Å². The number of aliphatic hydroxyl groups excluding tert-OH is 3. The Morgan fingerprint density at radius 2 is 1.92 bits per heavy atom. The summed E-state index contributed by atoms with van der Waals surface area (Å²) in [6.45, 7) is 12.3. The van der Waals surface area contributed by atoms with Gasteiger partial charge >= 0.3 is 0 Å². The summed E-state index contributed by atoms with van der Waals surface area (Å²) in [7, 11) is 3.61. The zero-order valence-electron chi connectivity index (χ0n) is 37.9. The van der Waals surface area contributed by atoms with Crippen LogP contribution in [0.25, 0.3) is 0 Å². The molecule has 10 atom stereocenters. The number of aldehydes is 1. The standard InChI is InChI=1S/C52H74N2O8/c1-36-13-14-41(28-39-10-8-11-40(27-39)29-48(4,54-31-36)23-26-61-6)37(2)9-7-12-43(34-62-35-44(58)33-57)45-16-18-51-47-46(38(3)32-56)42(30-50(51,59)21-24-53-5)15-17-49(47,22-25-55)19-20-52(45,51)60/h7-13,15,17,19-20,27,32,41-42,44-45,47,53-55,57-60H,2,14,16,18,21-26,28-31,33-35H2,1,3-6H3/t41-,42-,44-,45-,47+,48+,49-,50-,51+,52-/m1/s1. The first-order chi connectivity index (χ1) is 29.7. The van der Waals surface area contributed by atoms with E-state index in [-0.39, 0.29) is 37.2 Å². The molecule has 10 nitrogen and oxygen atoms in total. The van der Waals surface area contributed by atoms with Crippen LogP contribution < -0.4 is 10.6 Å². The molecule has 1 spiro atoms. The lowest BCUT2D eigenvalue weighted by molar-refractivity contribution is -0.233. The maximum atomic E-state index is 13.6. The highest BCUT2D eigenvalue weighted by Gasteiger charge is 2.77. The van der Waals surface area contributed by atoms with Crippen LogP contribution in [0.2, 0.25) is 0 Å². The SMILES string of the molecule is C=C(C=CC=C(COC[C@H](O)CO)[C@H]1CC[C@@]23[C@H]4C(=C(C)C=O)[C@H](C=C[C@]4(CCO)C=C[C@@]12O)C[C@]3(O)CCNC)[C@@H]1CC=C(C)CN[C@@](C)(CCOC)Cc2cccc(c2)C1. The van der Waals surface area contributed by atoms with Gasteiger partial charge in [0.25, 0.3) is 0 Å². The number of allylic oxidation sites excluding steroid dienone is 10. The van der Waals surface area contributed by atoms with Crippen LogP contribution in [0.5, 0.6) is 0 Å². The largest absolute Gasteiger partial charge is 0.396 e. The molecule has 0 saturated heterocycles. The van der Waals surface area contributed by atoms with Gasteiger partial charge in [-0.05, 0) is 120 Å². The molecule has 2 saturated carbocycles. The molecule has 1 heterocycles. The van der Waals surface area contributed by atoms with E-state index in [2.05, 4.69) is 79.6 Å². The molecule has 10 heteroatoms. The lowest BCUT2D eigenvalue weighted by Gasteiger charge is -2.68. The molecule has 1 aromatic carbocycles. The summed E-state index contributed by atoms with van der Waals surface area (Å²) >= 11 is 0. The molecule has 0 aromatic heterocycles. The van der Waals surface area contributed by atoms with Gasteiger partial charge in [-0.3, -0.25) is 4.79 Å². The third kappa shape index (κ3) is 9.42. The zero-order chi connectivity index (χ0) is 44.8. The van der Waals surface area contributed by atoms with E-state index in [4.69, 9.17) is 9.47 Å². The third-order valence-electron chi connectivity index (χ3n) is 15.3. The summed E-state index contributed by atoms with van der Waals surface area (Å²) in [5.74, 6) is -0.975. The normalized spacial score (nSPS) is 35.8. The van der Waals surface area contributed by atoms with Crippen LogP contribution in [-0.4, -0.2) is 115 Å². The Bertz CT molecular complexity index is 1950. The summed E-state index contributed by atoms with van der Waals surface area (Å²) in [6.07, 6.45) is 21.9. The van der Waals surface area contributed by atoms with Crippen molar-refractivity contribution >= 4 is 6.29 Å². The second-order valence-corrected chi connectivity index (χ2v) is 19.4. The molecule has 340 valence electrons. The number of fused-ring (bicyclic) bond motifs is 3. The number of rotatable bonds is 18. The summed E-state index contributed by atoms with van der Waals surface area (Å²) < 4.78 is 11.6. The zero-order valence-corrected chi connectivity index (χ0v) is 37.9. The van der Waals surface area contributed by atoms with Gasteiger partial charge < -0.3 is 45.6 Å². The quantitative estimate of drug-likeness (QED) is 0.0425. The van der Waals surface area contributed by atoms with Crippen molar-refractivity contribution in [1.29, 1.82) is 0 Å². The Labute approximate surface area is 370 Å². The van der Waals surface area contributed by atoms with Gasteiger partial charge in [0.05, 0.1) is 31.0 Å². The van der Waals surface area contributed by atoms with Crippen LogP contribution in [0, 0.1) is 34.5 Å².